The van der Waals surface area contributed by atoms with Crippen molar-refractivity contribution < 1.29 is 0 Å². The van der Waals surface area contributed by atoms with Crippen molar-refractivity contribution in [3.8, 4) is 0 Å². The Balaban J connectivity index is 1.97. The molecule has 16 heavy (non-hydrogen) atoms. The van der Waals surface area contributed by atoms with Crippen LogP contribution in [0, 0.1) is 0 Å². The van der Waals surface area contributed by atoms with Crippen LogP contribution in [0.2, 0.25) is 0 Å². The Hall–Kier alpha value is -1.54. The Morgan fingerprint density at radius 2 is 1.94 bits per heavy atom. The van der Waals surface area contributed by atoms with Gasteiger partial charge in [-0.1, -0.05) is 43.0 Å². The van der Waals surface area contributed by atoms with Gasteiger partial charge in [0.25, 0.3) is 0 Å². The minimum Gasteiger partial charge on any atom is -0.250 e. The monoisotopic (exact) mass is 227 g/mol. The summed E-state index contributed by atoms with van der Waals surface area (Å²) in [6, 6.07) is 14.4. The van der Waals surface area contributed by atoms with Gasteiger partial charge in [-0.15, -0.1) is 11.8 Å². The van der Waals surface area contributed by atoms with Gasteiger partial charge < -0.3 is 0 Å². The van der Waals surface area contributed by atoms with Crippen molar-refractivity contribution in [3.05, 3.63) is 66.4 Å². The maximum absolute atomic E-state index is 4.27. The molecule has 0 unspecified atom stereocenters. The highest BCUT2D eigenvalue weighted by molar-refractivity contribution is 7.98. The summed E-state index contributed by atoms with van der Waals surface area (Å²) in [5.41, 5.74) is 2.47. The van der Waals surface area contributed by atoms with E-state index in [-0.39, 0.29) is 0 Å². The maximum Gasteiger partial charge on any atom is 0.0963 e. The molecular formula is C14H13NS. The molecule has 0 spiro atoms. The van der Waals surface area contributed by atoms with E-state index in [9.17, 15) is 0 Å². The Bertz CT molecular complexity index is 448. The molecule has 0 amide bonds. The predicted molar refractivity (Wildman–Crippen MR) is 70.3 cm³/mol. The Kier molecular flexibility index (Phi) is 3.78. The Morgan fingerprint density at radius 1 is 1.12 bits per heavy atom. The Morgan fingerprint density at radius 3 is 2.56 bits per heavy atom. The predicted octanol–water partition coefficient (Wildman–Crippen LogP) is 4.02. The molecule has 0 radical (unpaired) electrons. The fourth-order valence-electron chi connectivity index (χ4n) is 1.34. The lowest BCUT2D eigenvalue weighted by molar-refractivity contribution is 1.13. The fraction of sp³-hybridized carbons (Fsp3) is 0.0714. The smallest absolute Gasteiger partial charge is 0.0963 e. The lowest BCUT2D eigenvalue weighted by Crippen LogP contribution is -1.82. The van der Waals surface area contributed by atoms with Gasteiger partial charge in [0.05, 0.1) is 5.03 Å². The highest BCUT2D eigenvalue weighted by Gasteiger charge is 1.96. The highest BCUT2D eigenvalue weighted by Crippen LogP contribution is 2.20. The third-order valence-corrected chi connectivity index (χ3v) is 3.25. The first kappa shape index (κ1) is 11.0. The molecule has 0 aliphatic rings. The minimum atomic E-state index is 0.953. The number of thioether (sulfide) groups is 1. The molecular weight excluding hydrogens is 214 g/mol. The van der Waals surface area contributed by atoms with E-state index >= 15 is 0 Å². The van der Waals surface area contributed by atoms with Gasteiger partial charge in [0, 0.05) is 11.9 Å². The van der Waals surface area contributed by atoms with Crippen LogP contribution in [0.15, 0.2) is 60.3 Å². The summed E-state index contributed by atoms with van der Waals surface area (Å²) in [6.07, 6.45) is 3.68. The Labute approximate surface area is 100 Å². The third-order valence-electron chi connectivity index (χ3n) is 2.24. The molecule has 0 N–H and O–H groups in total. The zero-order chi connectivity index (χ0) is 11.2. The van der Waals surface area contributed by atoms with E-state index in [1.807, 2.05) is 30.5 Å². The SMILES string of the molecule is C=Cc1ccc(CSc2ccccn2)cc1. The van der Waals surface area contributed by atoms with Crippen LogP contribution in [-0.2, 0) is 5.75 Å². The summed E-state index contributed by atoms with van der Waals surface area (Å²) in [4.78, 5) is 4.27. The van der Waals surface area contributed by atoms with Crippen molar-refractivity contribution in [2.45, 2.75) is 10.8 Å². The van der Waals surface area contributed by atoms with E-state index < -0.39 is 0 Å². The van der Waals surface area contributed by atoms with Gasteiger partial charge in [-0.2, -0.15) is 0 Å². The molecule has 2 heteroatoms. The molecule has 0 fully saturated rings. The number of nitrogens with zero attached hydrogens (tertiary/aromatic N) is 1. The molecule has 2 rings (SSSR count). The van der Waals surface area contributed by atoms with Crippen LogP contribution in [0.25, 0.3) is 6.08 Å². The van der Waals surface area contributed by atoms with E-state index in [0.29, 0.717) is 0 Å². The van der Waals surface area contributed by atoms with Crippen LogP contribution >= 0.6 is 11.8 Å². The van der Waals surface area contributed by atoms with Crippen LogP contribution in [0.3, 0.4) is 0 Å². The highest BCUT2D eigenvalue weighted by atomic mass is 32.2. The van der Waals surface area contributed by atoms with E-state index in [1.165, 1.54) is 5.56 Å². The number of benzene rings is 1. The molecule has 1 aromatic heterocycles. The van der Waals surface area contributed by atoms with Crippen molar-refractivity contribution in [1.29, 1.82) is 0 Å². The van der Waals surface area contributed by atoms with Crippen LogP contribution < -0.4 is 0 Å². The lowest BCUT2D eigenvalue weighted by atomic mass is 10.1. The largest absolute Gasteiger partial charge is 0.250 e. The van der Waals surface area contributed by atoms with Crippen molar-refractivity contribution in [1.82, 2.24) is 4.98 Å². The van der Waals surface area contributed by atoms with Gasteiger partial charge in [-0.3, -0.25) is 0 Å². The minimum absolute atomic E-state index is 0.953. The van der Waals surface area contributed by atoms with Crippen LogP contribution in [-0.4, -0.2) is 4.98 Å². The number of aromatic nitrogens is 1. The quantitative estimate of drug-likeness (QED) is 0.732. The summed E-state index contributed by atoms with van der Waals surface area (Å²) in [6.45, 7) is 3.74. The van der Waals surface area contributed by atoms with Crippen molar-refractivity contribution >= 4 is 17.8 Å². The number of hydrogen-bond donors (Lipinski definition) is 0. The summed E-state index contributed by atoms with van der Waals surface area (Å²) < 4.78 is 0. The van der Waals surface area contributed by atoms with Crippen molar-refractivity contribution in [2.24, 2.45) is 0 Å². The van der Waals surface area contributed by atoms with Gasteiger partial charge in [-0.25, -0.2) is 4.98 Å². The van der Waals surface area contributed by atoms with Gasteiger partial charge in [0.1, 0.15) is 0 Å². The average molecular weight is 227 g/mol. The van der Waals surface area contributed by atoms with Gasteiger partial charge in [-0.05, 0) is 23.3 Å². The van der Waals surface area contributed by atoms with E-state index in [4.69, 9.17) is 0 Å². The summed E-state index contributed by atoms with van der Waals surface area (Å²) in [5, 5.41) is 1.07. The first-order valence-corrected chi connectivity index (χ1v) is 6.12. The second kappa shape index (κ2) is 5.52. The second-order valence-corrected chi connectivity index (χ2v) is 4.40. The maximum atomic E-state index is 4.27. The third kappa shape index (κ3) is 2.97. The molecule has 0 atom stereocenters. The van der Waals surface area contributed by atoms with Gasteiger partial charge >= 0.3 is 0 Å². The average Bonchev–Trinajstić information content (AvgIpc) is 2.38. The van der Waals surface area contributed by atoms with Gasteiger partial charge in [0.2, 0.25) is 0 Å². The number of rotatable bonds is 4. The van der Waals surface area contributed by atoms with Crippen LogP contribution in [0.5, 0.6) is 0 Å². The molecule has 0 aliphatic carbocycles. The molecule has 0 saturated heterocycles. The zero-order valence-corrected chi connectivity index (χ0v) is 9.78. The molecule has 0 aliphatic heterocycles. The van der Waals surface area contributed by atoms with Gasteiger partial charge in [0.15, 0.2) is 0 Å². The number of pyridine rings is 1. The fourth-order valence-corrected chi connectivity index (χ4v) is 2.16. The summed E-state index contributed by atoms with van der Waals surface area (Å²) in [5.74, 6) is 0.953. The van der Waals surface area contributed by atoms with E-state index in [1.54, 1.807) is 11.8 Å². The first-order valence-electron chi connectivity index (χ1n) is 5.14. The molecule has 2 aromatic rings. The molecule has 1 nitrogen and oxygen atoms in total. The van der Waals surface area contributed by atoms with Crippen molar-refractivity contribution in [3.63, 3.8) is 0 Å². The van der Waals surface area contributed by atoms with Crippen molar-refractivity contribution in [2.75, 3.05) is 0 Å². The van der Waals surface area contributed by atoms with E-state index in [2.05, 4.69) is 35.8 Å². The zero-order valence-electron chi connectivity index (χ0n) is 8.97. The number of hydrogen-bond acceptors (Lipinski definition) is 2. The standard InChI is InChI=1S/C14H13NS/c1-2-12-6-8-13(9-7-12)11-16-14-5-3-4-10-15-14/h2-10H,1,11H2. The topological polar surface area (TPSA) is 12.9 Å². The lowest BCUT2D eigenvalue weighted by Gasteiger charge is -2.01. The second-order valence-electron chi connectivity index (χ2n) is 3.40. The first-order chi connectivity index (χ1) is 7.88. The molecule has 1 heterocycles. The summed E-state index contributed by atoms with van der Waals surface area (Å²) in [7, 11) is 0. The summed E-state index contributed by atoms with van der Waals surface area (Å²) >= 11 is 1.75. The van der Waals surface area contributed by atoms with E-state index in [0.717, 1.165) is 16.3 Å². The molecule has 80 valence electrons. The molecule has 0 bridgehead atoms. The van der Waals surface area contributed by atoms with Crippen LogP contribution in [0.1, 0.15) is 11.1 Å². The molecule has 1 aromatic carbocycles. The normalized spacial score (nSPS) is 10.0. The molecule has 0 saturated carbocycles. The van der Waals surface area contributed by atoms with Crippen LogP contribution in [0.4, 0.5) is 0 Å².